The van der Waals surface area contributed by atoms with Crippen LogP contribution in [0.2, 0.25) is 0 Å². The number of likely N-dealkylation sites (N-methyl/N-ethyl adjacent to an activating group) is 1. The van der Waals surface area contributed by atoms with E-state index in [0.29, 0.717) is 5.41 Å². The molecule has 0 aromatic rings. The zero-order chi connectivity index (χ0) is 12.7. The van der Waals surface area contributed by atoms with Crippen molar-refractivity contribution in [1.82, 2.24) is 10.2 Å². The van der Waals surface area contributed by atoms with Crippen LogP contribution in [0.4, 0.5) is 0 Å². The van der Waals surface area contributed by atoms with E-state index in [2.05, 4.69) is 37.6 Å². The summed E-state index contributed by atoms with van der Waals surface area (Å²) in [5.74, 6) is 0. The van der Waals surface area contributed by atoms with Crippen LogP contribution in [0.5, 0.6) is 0 Å². The normalized spacial score (nSPS) is 19.5. The quantitative estimate of drug-likeness (QED) is 0.686. The predicted octanol–water partition coefficient (Wildman–Crippen LogP) is 3.05. The third-order valence-corrected chi connectivity index (χ3v) is 3.94. The highest BCUT2D eigenvalue weighted by Gasteiger charge is 2.32. The van der Waals surface area contributed by atoms with Crippen LogP contribution in [0.25, 0.3) is 0 Å². The van der Waals surface area contributed by atoms with Gasteiger partial charge in [-0.05, 0) is 51.2 Å². The second-order valence-corrected chi connectivity index (χ2v) is 5.76. The van der Waals surface area contributed by atoms with Gasteiger partial charge in [0.2, 0.25) is 0 Å². The van der Waals surface area contributed by atoms with Gasteiger partial charge in [0.05, 0.1) is 0 Å². The lowest BCUT2D eigenvalue weighted by molar-refractivity contribution is 0.109. The molecule has 2 heteroatoms. The largest absolute Gasteiger partial charge is 0.317 e. The van der Waals surface area contributed by atoms with Gasteiger partial charge in [-0.2, -0.15) is 0 Å². The fraction of sp³-hybridized carbons (Fsp3) is 0.867. The average Bonchev–Trinajstić information content (AvgIpc) is 2.29. The van der Waals surface area contributed by atoms with Gasteiger partial charge in [0.1, 0.15) is 0 Å². The van der Waals surface area contributed by atoms with Crippen LogP contribution in [0.3, 0.4) is 0 Å². The smallest absolute Gasteiger partial charge is 0.0187 e. The minimum absolute atomic E-state index is 0.561. The minimum Gasteiger partial charge on any atom is -0.317 e. The Bertz CT molecular complexity index is 224. The molecule has 100 valence electrons. The van der Waals surface area contributed by atoms with Gasteiger partial charge in [-0.15, -0.1) is 0 Å². The first kappa shape index (κ1) is 14.7. The van der Waals surface area contributed by atoms with Crippen molar-refractivity contribution < 1.29 is 0 Å². The molecule has 0 bridgehead atoms. The summed E-state index contributed by atoms with van der Waals surface area (Å²) in [5.41, 5.74) is 1.85. The summed E-state index contributed by atoms with van der Waals surface area (Å²) in [7, 11) is 0. The van der Waals surface area contributed by atoms with Crippen molar-refractivity contribution in [2.75, 3.05) is 32.7 Å². The first-order valence-electron chi connectivity index (χ1n) is 7.19. The Labute approximate surface area is 107 Å². The van der Waals surface area contributed by atoms with Crippen LogP contribution in [0.1, 0.15) is 46.5 Å². The monoisotopic (exact) mass is 238 g/mol. The molecule has 0 radical (unpaired) electrons. The molecule has 1 fully saturated rings. The van der Waals surface area contributed by atoms with Crippen LogP contribution in [-0.2, 0) is 0 Å². The molecule has 0 saturated carbocycles. The predicted molar refractivity (Wildman–Crippen MR) is 76.4 cm³/mol. The maximum atomic E-state index is 4.05. The van der Waals surface area contributed by atoms with Crippen LogP contribution >= 0.6 is 0 Å². The molecule has 0 spiro atoms. The molecule has 1 aliphatic heterocycles. The molecular weight excluding hydrogens is 208 g/mol. The molecule has 1 heterocycles. The van der Waals surface area contributed by atoms with Crippen molar-refractivity contribution >= 4 is 0 Å². The number of hydrogen-bond acceptors (Lipinski definition) is 2. The van der Waals surface area contributed by atoms with Gasteiger partial charge < -0.3 is 5.32 Å². The maximum absolute atomic E-state index is 4.05. The highest BCUT2D eigenvalue weighted by molar-refractivity contribution is 4.94. The summed E-state index contributed by atoms with van der Waals surface area (Å²) < 4.78 is 0. The van der Waals surface area contributed by atoms with E-state index in [9.17, 15) is 0 Å². The summed E-state index contributed by atoms with van der Waals surface area (Å²) in [5, 5.41) is 3.49. The van der Waals surface area contributed by atoms with E-state index < -0.39 is 0 Å². The third kappa shape index (κ3) is 4.81. The van der Waals surface area contributed by atoms with E-state index in [0.717, 1.165) is 13.1 Å². The van der Waals surface area contributed by atoms with E-state index in [1.165, 1.54) is 50.9 Å². The molecule has 1 N–H and O–H groups in total. The van der Waals surface area contributed by atoms with Crippen LogP contribution in [0.15, 0.2) is 12.2 Å². The van der Waals surface area contributed by atoms with Gasteiger partial charge in [-0.3, -0.25) is 4.90 Å². The molecular formula is C15H30N2. The first-order valence-corrected chi connectivity index (χ1v) is 7.19. The second-order valence-electron chi connectivity index (χ2n) is 5.76. The Morgan fingerprint density at radius 3 is 2.41 bits per heavy atom. The molecule has 0 aromatic heterocycles. The van der Waals surface area contributed by atoms with E-state index in [-0.39, 0.29) is 0 Å². The summed E-state index contributed by atoms with van der Waals surface area (Å²) >= 11 is 0. The van der Waals surface area contributed by atoms with Crippen molar-refractivity contribution in [3.05, 3.63) is 12.2 Å². The van der Waals surface area contributed by atoms with E-state index in [1.54, 1.807) is 0 Å². The van der Waals surface area contributed by atoms with Crippen molar-refractivity contribution in [3.8, 4) is 0 Å². The van der Waals surface area contributed by atoms with Crippen LogP contribution in [-0.4, -0.2) is 37.6 Å². The lowest BCUT2D eigenvalue weighted by atomic mass is 9.75. The van der Waals surface area contributed by atoms with Gasteiger partial charge in [0, 0.05) is 13.1 Å². The number of rotatable bonds is 7. The number of hydrogen-bond donors (Lipinski definition) is 1. The highest BCUT2D eigenvalue weighted by atomic mass is 15.1. The standard InChI is InChI=1S/C15H30N2/c1-5-7-15(8-10-16-11-9-15)13-17(6-2)12-14(3)4/h16H,3,5-13H2,1-2,4H3. The fourth-order valence-corrected chi connectivity index (χ4v) is 3.11. The average molecular weight is 238 g/mol. The zero-order valence-electron chi connectivity index (χ0n) is 12.0. The van der Waals surface area contributed by atoms with Gasteiger partial charge in [-0.25, -0.2) is 0 Å². The van der Waals surface area contributed by atoms with E-state index >= 15 is 0 Å². The molecule has 0 unspecified atom stereocenters. The van der Waals surface area contributed by atoms with Crippen molar-refractivity contribution in [1.29, 1.82) is 0 Å². The van der Waals surface area contributed by atoms with Gasteiger partial charge in [0.15, 0.2) is 0 Å². The van der Waals surface area contributed by atoms with E-state index in [4.69, 9.17) is 0 Å². The summed E-state index contributed by atoms with van der Waals surface area (Å²) in [4.78, 5) is 2.57. The summed E-state index contributed by atoms with van der Waals surface area (Å²) in [6.45, 7) is 16.6. The van der Waals surface area contributed by atoms with Gasteiger partial charge in [-0.1, -0.05) is 32.4 Å². The maximum Gasteiger partial charge on any atom is 0.0187 e. The molecule has 1 saturated heterocycles. The van der Waals surface area contributed by atoms with Crippen molar-refractivity contribution in [2.24, 2.45) is 5.41 Å². The Morgan fingerprint density at radius 1 is 1.29 bits per heavy atom. The van der Waals surface area contributed by atoms with E-state index in [1.807, 2.05) is 0 Å². The Balaban J connectivity index is 2.59. The molecule has 1 rings (SSSR count). The fourth-order valence-electron chi connectivity index (χ4n) is 3.11. The van der Waals surface area contributed by atoms with Crippen LogP contribution in [0, 0.1) is 5.41 Å². The second kappa shape index (κ2) is 7.17. The van der Waals surface area contributed by atoms with Gasteiger partial charge in [0.25, 0.3) is 0 Å². The molecule has 0 aromatic carbocycles. The molecule has 0 amide bonds. The Morgan fingerprint density at radius 2 is 1.94 bits per heavy atom. The summed E-state index contributed by atoms with van der Waals surface area (Å²) in [6, 6.07) is 0. The Kier molecular flexibility index (Phi) is 6.21. The molecule has 1 aliphatic rings. The lowest BCUT2D eigenvalue weighted by Gasteiger charge is -2.41. The summed E-state index contributed by atoms with van der Waals surface area (Å²) in [6.07, 6.45) is 5.37. The SMILES string of the molecule is C=C(C)CN(CC)CC1(CCC)CCNCC1. The number of nitrogens with zero attached hydrogens (tertiary/aromatic N) is 1. The minimum atomic E-state index is 0.561. The molecule has 2 nitrogen and oxygen atoms in total. The molecule has 0 aliphatic carbocycles. The van der Waals surface area contributed by atoms with Crippen molar-refractivity contribution in [3.63, 3.8) is 0 Å². The van der Waals surface area contributed by atoms with Gasteiger partial charge >= 0.3 is 0 Å². The van der Waals surface area contributed by atoms with Crippen molar-refractivity contribution in [2.45, 2.75) is 46.5 Å². The topological polar surface area (TPSA) is 15.3 Å². The van der Waals surface area contributed by atoms with Crippen LogP contribution < -0.4 is 5.32 Å². The number of nitrogens with one attached hydrogen (secondary N) is 1. The first-order chi connectivity index (χ1) is 8.12. The highest BCUT2D eigenvalue weighted by Crippen LogP contribution is 2.35. The third-order valence-electron chi connectivity index (χ3n) is 3.94. The lowest BCUT2D eigenvalue weighted by Crippen LogP contribution is -2.45. The molecule has 17 heavy (non-hydrogen) atoms. The zero-order valence-corrected chi connectivity index (χ0v) is 12.0. The number of piperidine rings is 1. The molecule has 0 atom stereocenters. The Hall–Kier alpha value is -0.340.